The summed E-state index contributed by atoms with van der Waals surface area (Å²) in [5.41, 5.74) is 6.92. The molecule has 0 bridgehead atoms. The Balaban J connectivity index is 1.89. The minimum atomic E-state index is -0.172. The summed E-state index contributed by atoms with van der Waals surface area (Å²) < 4.78 is 0. The highest BCUT2D eigenvalue weighted by Crippen LogP contribution is 2.30. The fourth-order valence-corrected chi connectivity index (χ4v) is 2.82. The number of aliphatic hydroxyl groups is 1. The number of carbonyl (C=O) groups is 1. The Bertz CT molecular complexity index is 585. The van der Waals surface area contributed by atoms with Gasteiger partial charge >= 0.3 is 0 Å². The molecule has 0 spiro atoms. The number of hydrogen-bond acceptors (Lipinski definition) is 6. The normalized spacial score (nSPS) is 10.8. The molecule has 1 amide bonds. The van der Waals surface area contributed by atoms with Crippen LogP contribution in [0.5, 0.6) is 0 Å². The number of rotatable bonds is 7. The lowest BCUT2D eigenvalue weighted by molar-refractivity contribution is 0.0957. The molecule has 0 unspecified atom stereocenters. The van der Waals surface area contributed by atoms with E-state index >= 15 is 0 Å². The second-order valence-corrected chi connectivity index (χ2v) is 5.45. The average Bonchev–Trinajstić information content (AvgIpc) is 2.80. The van der Waals surface area contributed by atoms with Crippen LogP contribution in [0.4, 0.5) is 5.69 Å². The number of thiophene rings is 1. The number of nitrogens with two attached hydrogens (primary N) is 1. The largest absolute Gasteiger partial charge is 0.396 e. The molecule has 0 saturated carbocycles. The second kappa shape index (κ2) is 7.16. The molecule has 4 N–H and O–H groups in total. The Morgan fingerprint density at radius 1 is 1.25 bits per heavy atom. The van der Waals surface area contributed by atoms with Crippen LogP contribution in [-0.2, 0) is 0 Å². The van der Waals surface area contributed by atoms with Gasteiger partial charge in [0.15, 0.2) is 0 Å². The van der Waals surface area contributed by atoms with Gasteiger partial charge in [-0.1, -0.05) is 12.8 Å². The number of unbranched alkanes of at least 4 members (excludes halogenated alkanes) is 3. The molecule has 0 radical (unpaired) electrons. The molecule has 20 heavy (non-hydrogen) atoms. The standard InChI is InChI=1S/C13H18N4O2S/c14-9-10-13(17-7-6-15-10)20-11(9)12(19)16-5-3-1-2-4-8-18/h6-7,18H,1-5,8,14H2,(H,16,19). The van der Waals surface area contributed by atoms with E-state index < -0.39 is 0 Å². The van der Waals surface area contributed by atoms with Gasteiger partial charge in [-0.05, 0) is 12.8 Å². The molecule has 6 nitrogen and oxygen atoms in total. The van der Waals surface area contributed by atoms with Gasteiger partial charge < -0.3 is 16.2 Å². The van der Waals surface area contributed by atoms with E-state index in [0.717, 1.165) is 25.7 Å². The number of fused-ring (bicyclic) bond motifs is 1. The number of amides is 1. The first-order valence-corrected chi connectivity index (χ1v) is 7.43. The number of carbonyl (C=O) groups excluding carboxylic acids is 1. The first-order valence-electron chi connectivity index (χ1n) is 6.62. The van der Waals surface area contributed by atoms with Crippen molar-refractivity contribution in [3.8, 4) is 0 Å². The molecule has 0 atom stereocenters. The molecular formula is C13H18N4O2S. The summed E-state index contributed by atoms with van der Waals surface area (Å²) >= 11 is 1.26. The first kappa shape index (κ1) is 14.7. The number of nitrogens with zero attached hydrogens (tertiary/aromatic N) is 2. The predicted molar refractivity (Wildman–Crippen MR) is 79.7 cm³/mol. The third-order valence-corrected chi connectivity index (χ3v) is 4.04. The van der Waals surface area contributed by atoms with Gasteiger partial charge in [0.1, 0.15) is 15.2 Å². The second-order valence-electron chi connectivity index (χ2n) is 4.45. The highest BCUT2D eigenvalue weighted by Gasteiger charge is 2.17. The molecule has 7 heteroatoms. The molecule has 0 aromatic carbocycles. The van der Waals surface area contributed by atoms with Crippen LogP contribution < -0.4 is 11.1 Å². The third-order valence-electron chi connectivity index (χ3n) is 2.94. The molecule has 0 saturated heterocycles. The van der Waals surface area contributed by atoms with Crippen molar-refractivity contribution in [2.75, 3.05) is 18.9 Å². The highest BCUT2D eigenvalue weighted by atomic mass is 32.1. The lowest BCUT2D eigenvalue weighted by atomic mass is 10.2. The van der Waals surface area contributed by atoms with E-state index in [4.69, 9.17) is 10.8 Å². The molecule has 108 valence electrons. The first-order chi connectivity index (χ1) is 9.74. The van der Waals surface area contributed by atoms with Gasteiger partial charge in [-0.3, -0.25) is 4.79 Å². The van der Waals surface area contributed by atoms with Crippen LogP contribution >= 0.6 is 11.3 Å². The number of aromatic nitrogens is 2. The summed E-state index contributed by atoms with van der Waals surface area (Å²) in [6, 6.07) is 0. The zero-order chi connectivity index (χ0) is 14.4. The maximum atomic E-state index is 12.0. The van der Waals surface area contributed by atoms with Crippen LogP contribution in [0.3, 0.4) is 0 Å². The Morgan fingerprint density at radius 2 is 2.00 bits per heavy atom. The van der Waals surface area contributed by atoms with Gasteiger partial charge in [-0.15, -0.1) is 11.3 Å². The van der Waals surface area contributed by atoms with Crippen molar-refractivity contribution in [2.45, 2.75) is 25.7 Å². The summed E-state index contributed by atoms with van der Waals surface area (Å²) in [5, 5.41) is 11.5. The van der Waals surface area contributed by atoms with Crippen molar-refractivity contribution < 1.29 is 9.90 Å². The Morgan fingerprint density at radius 3 is 2.75 bits per heavy atom. The van der Waals surface area contributed by atoms with E-state index in [0.29, 0.717) is 27.5 Å². The maximum Gasteiger partial charge on any atom is 0.263 e. The quantitative estimate of drug-likeness (QED) is 0.673. The number of hydrogen-bond donors (Lipinski definition) is 3. The van der Waals surface area contributed by atoms with Gasteiger partial charge in [0, 0.05) is 25.5 Å². The molecule has 2 aromatic rings. The van der Waals surface area contributed by atoms with Gasteiger partial charge in [0.05, 0.1) is 5.69 Å². The van der Waals surface area contributed by atoms with Crippen LogP contribution in [0.2, 0.25) is 0 Å². The summed E-state index contributed by atoms with van der Waals surface area (Å²) in [5.74, 6) is -0.172. The number of nitrogen functional groups attached to an aromatic ring is 1. The topological polar surface area (TPSA) is 101 Å². The van der Waals surface area contributed by atoms with Crippen molar-refractivity contribution in [3.63, 3.8) is 0 Å². The summed E-state index contributed by atoms with van der Waals surface area (Å²) in [4.78, 5) is 21.5. The van der Waals surface area contributed by atoms with Crippen molar-refractivity contribution in [1.29, 1.82) is 0 Å². The van der Waals surface area contributed by atoms with E-state index in [1.54, 1.807) is 12.4 Å². The number of anilines is 1. The molecule has 0 aliphatic heterocycles. The molecule has 2 heterocycles. The summed E-state index contributed by atoms with van der Waals surface area (Å²) in [7, 11) is 0. The average molecular weight is 294 g/mol. The highest BCUT2D eigenvalue weighted by molar-refractivity contribution is 7.21. The Hall–Kier alpha value is -1.73. The van der Waals surface area contributed by atoms with Gasteiger partial charge in [-0.25, -0.2) is 9.97 Å². The lowest BCUT2D eigenvalue weighted by Gasteiger charge is -2.04. The van der Waals surface area contributed by atoms with Crippen molar-refractivity contribution in [1.82, 2.24) is 15.3 Å². The zero-order valence-electron chi connectivity index (χ0n) is 11.1. The predicted octanol–water partition coefficient (Wildman–Crippen LogP) is 1.56. The monoisotopic (exact) mass is 294 g/mol. The minimum Gasteiger partial charge on any atom is -0.396 e. The summed E-state index contributed by atoms with van der Waals surface area (Å²) in [6.45, 7) is 0.837. The Kier molecular flexibility index (Phi) is 5.25. The van der Waals surface area contributed by atoms with E-state index in [-0.39, 0.29) is 12.5 Å². The van der Waals surface area contributed by atoms with Crippen LogP contribution in [-0.4, -0.2) is 34.1 Å². The van der Waals surface area contributed by atoms with Crippen molar-refractivity contribution >= 4 is 33.3 Å². The maximum absolute atomic E-state index is 12.0. The van der Waals surface area contributed by atoms with Gasteiger partial charge in [0.2, 0.25) is 0 Å². The molecule has 2 aromatic heterocycles. The fraction of sp³-hybridized carbons (Fsp3) is 0.462. The van der Waals surface area contributed by atoms with E-state index in [1.807, 2.05) is 0 Å². The molecular weight excluding hydrogens is 276 g/mol. The minimum absolute atomic E-state index is 0.172. The van der Waals surface area contributed by atoms with Crippen LogP contribution in [0, 0.1) is 0 Å². The van der Waals surface area contributed by atoms with E-state index in [9.17, 15) is 4.79 Å². The van der Waals surface area contributed by atoms with Crippen molar-refractivity contribution in [2.24, 2.45) is 0 Å². The molecule has 0 aliphatic rings. The van der Waals surface area contributed by atoms with E-state index in [2.05, 4.69) is 15.3 Å². The number of nitrogens with one attached hydrogen (secondary N) is 1. The summed E-state index contributed by atoms with van der Waals surface area (Å²) in [6.07, 6.45) is 6.83. The number of aliphatic hydroxyl groups excluding tert-OH is 1. The SMILES string of the molecule is Nc1c(C(=O)NCCCCCCO)sc2nccnc12. The van der Waals surface area contributed by atoms with Crippen LogP contribution in [0.25, 0.3) is 10.3 Å². The molecule has 0 fully saturated rings. The van der Waals surface area contributed by atoms with Crippen LogP contribution in [0.1, 0.15) is 35.4 Å². The van der Waals surface area contributed by atoms with Crippen LogP contribution in [0.15, 0.2) is 12.4 Å². The fourth-order valence-electron chi connectivity index (χ4n) is 1.89. The zero-order valence-corrected chi connectivity index (χ0v) is 11.9. The van der Waals surface area contributed by atoms with Gasteiger partial charge in [0.25, 0.3) is 5.91 Å². The smallest absolute Gasteiger partial charge is 0.263 e. The Labute approximate surface area is 121 Å². The molecule has 0 aliphatic carbocycles. The lowest BCUT2D eigenvalue weighted by Crippen LogP contribution is -2.24. The van der Waals surface area contributed by atoms with Gasteiger partial charge in [-0.2, -0.15) is 0 Å². The third kappa shape index (κ3) is 3.43. The molecule has 2 rings (SSSR count). The van der Waals surface area contributed by atoms with E-state index in [1.165, 1.54) is 11.3 Å². The van der Waals surface area contributed by atoms with Crippen molar-refractivity contribution in [3.05, 3.63) is 17.3 Å².